The van der Waals surface area contributed by atoms with E-state index in [1.165, 1.54) is 6.92 Å². The number of carbonyl (C=O) groups excluding carboxylic acids is 2. The molecule has 0 bridgehead atoms. The lowest BCUT2D eigenvalue weighted by atomic mass is 9.90. The zero-order valence-corrected chi connectivity index (χ0v) is 19.3. The van der Waals surface area contributed by atoms with Crippen LogP contribution in [0.5, 0.6) is 0 Å². The van der Waals surface area contributed by atoms with Crippen LogP contribution < -0.4 is 0 Å². The van der Waals surface area contributed by atoms with Gasteiger partial charge in [0.15, 0.2) is 0 Å². The molecule has 0 fully saturated rings. The van der Waals surface area contributed by atoms with Crippen molar-refractivity contribution in [3.8, 4) is 0 Å². The van der Waals surface area contributed by atoms with Gasteiger partial charge >= 0.3 is 45.2 Å². The number of ether oxygens (including phenoxy) is 3. The maximum Gasteiger partial charge on any atom is 0.468 e. The molecular formula is C17H25F7O8S. The lowest BCUT2D eigenvalue weighted by molar-refractivity contribution is -0.362. The molecule has 1 unspecified atom stereocenters. The number of esters is 2. The summed E-state index contributed by atoms with van der Waals surface area (Å²) in [6.45, 7) is 4.91. The van der Waals surface area contributed by atoms with Gasteiger partial charge in [-0.15, -0.1) is 0 Å². The summed E-state index contributed by atoms with van der Waals surface area (Å²) in [5.74, 6) is -14.3. The molecule has 1 atom stereocenters. The summed E-state index contributed by atoms with van der Waals surface area (Å²) in [6, 6.07) is 0. The van der Waals surface area contributed by atoms with Gasteiger partial charge in [0.05, 0.1) is 12.0 Å². The van der Waals surface area contributed by atoms with Crippen LogP contribution in [0.3, 0.4) is 0 Å². The van der Waals surface area contributed by atoms with Crippen LogP contribution in [-0.2, 0) is 33.9 Å². The van der Waals surface area contributed by atoms with Gasteiger partial charge in [-0.05, 0) is 41.0 Å². The second-order valence-electron chi connectivity index (χ2n) is 8.54. The van der Waals surface area contributed by atoms with Crippen molar-refractivity contribution >= 4 is 22.1 Å². The third kappa shape index (κ3) is 7.15. The Bertz CT molecular complexity index is 831. The molecule has 1 N–H and O–H groups in total. The van der Waals surface area contributed by atoms with Gasteiger partial charge in [0.1, 0.15) is 5.60 Å². The van der Waals surface area contributed by atoms with Gasteiger partial charge in [-0.1, -0.05) is 6.92 Å². The maximum absolute atomic E-state index is 13.9. The second kappa shape index (κ2) is 9.52. The number of halogens is 7. The molecule has 0 radical (unpaired) electrons. The molecule has 33 heavy (non-hydrogen) atoms. The van der Waals surface area contributed by atoms with Crippen LogP contribution in [0.1, 0.15) is 54.4 Å². The first-order valence-electron chi connectivity index (χ1n) is 9.17. The molecule has 196 valence electrons. The normalized spacial score (nSPS) is 16.2. The van der Waals surface area contributed by atoms with Crippen molar-refractivity contribution in [2.24, 2.45) is 5.41 Å². The fraction of sp³-hybridized carbons (Fsp3) is 0.882. The molecule has 16 heteroatoms. The van der Waals surface area contributed by atoms with E-state index in [4.69, 9.17) is 4.55 Å². The minimum Gasteiger partial charge on any atom is -0.455 e. The van der Waals surface area contributed by atoms with E-state index in [0.717, 1.165) is 34.6 Å². The van der Waals surface area contributed by atoms with E-state index in [1.807, 2.05) is 0 Å². The number of rotatable bonds is 10. The van der Waals surface area contributed by atoms with E-state index >= 15 is 0 Å². The van der Waals surface area contributed by atoms with E-state index in [9.17, 15) is 48.7 Å². The van der Waals surface area contributed by atoms with Crippen LogP contribution >= 0.6 is 0 Å². The Morgan fingerprint density at radius 1 is 0.848 bits per heavy atom. The average Bonchev–Trinajstić information content (AvgIpc) is 2.56. The Balaban J connectivity index is 6.31. The summed E-state index contributed by atoms with van der Waals surface area (Å²) in [5, 5.41) is -6.10. The number of hydrogen-bond acceptors (Lipinski definition) is 7. The van der Waals surface area contributed by atoms with Crippen LogP contribution in [0.2, 0.25) is 0 Å². The Hall–Kier alpha value is -1.68. The quantitative estimate of drug-likeness (QED) is 0.197. The lowest BCUT2D eigenvalue weighted by Crippen LogP contribution is -2.60. The fourth-order valence-electron chi connectivity index (χ4n) is 1.80. The Morgan fingerprint density at radius 2 is 1.30 bits per heavy atom. The summed E-state index contributed by atoms with van der Waals surface area (Å²) in [6.07, 6.45) is -8.49. The molecule has 0 aliphatic rings. The van der Waals surface area contributed by atoms with Crippen molar-refractivity contribution in [1.29, 1.82) is 0 Å². The van der Waals surface area contributed by atoms with Crippen molar-refractivity contribution in [2.75, 3.05) is 6.61 Å². The summed E-state index contributed by atoms with van der Waals surface area (Å²) in [5.41, 5.74) is -3.27. The summed E-state index contributed by atoms with van der Waals surface area (Å²) >= 11 is 0. The van der Waals surface area contributed by atoms with E-state index in [2.05, 4.69) is 14.2 Å². The van der Waals surface area contributed by atoms with Crippen LogP contribution in [0, 0.1) is 5.41 Å². The maximum atomic E-state index is 13.9. The van der Waals surface area contributed by atoms with Crippen LogP contribution in [0.15, 0.2) is 0 Å². The zero-order chi connectivity index (χ0) is 26.9. The second-order valence-corrected chi connectivity index (χ2v) is 10.0. The van der Waals surface area contributed by atoms with E-state index in [0.29, 0.717) is 0 Å². The average molecular weight is 522 g/mol. The Morgan fingerprint density at radius 3 is 1.64 bits per heavy atom. The molecule has 8 nitrogen and oxygen atoms in total. The highest BCUT2D eigenvalue weighted by atomic mass is 32.2. The molecule has 0 rings (SSSR count). The Labute approximate surface area is 185 Å². The van der Waals surface area contributed by atoms with Crippen molar-refractivity contribution in [2.45, 2.75) is 83.1 Å². The summed E-state index contributed by atoms with van der Waals surface area (Å²) in [7, 11) is -6.67. The minimum absolute atomic E-state index is 0.104. The predicted molar refractivity (Wildman–Crippen MR) is 96.8 cm³/mol. The fourth-order valence-corrected chi connectivity index (χ4v) is 2.28. The van der Waals surface area contributed by atoms with Crippen LogP contribution in [0.4, 0.5) is 30.7 Å². The molecule has 0 aromatic heterocycles. The zero-order valence-electron chi connectivity index (χ0n) is 18.5. The summed E-state index contributed by atoms with van der Waals surface area (Å²) in [4.78, 5) is 24.7. The highest BCUT2D eigenvalue weighted by molar-refractivity contribution is 7.87. The van der Waals surface area contributed by atoms with Crippen molar-refractivity contribution < 1.29 is 67.5 Å². The van der Waals surface area contributed by atoms with Gasteiger partial charge in [-0.2, -0.15) is 39.2 Å². The first kappa shape index (κ1) is 31.3. The molecule has 0 heterocycles. The molecule has 0 aliphatic heterocycles. The van der Waals surface area contributed by atoms with E-state index in [1.54, 1.807) is 0 Å². The van der Waals surface area contributed by atoms with Crippen molar-refractivity contribution in [3.05, 3.63) is 0 Å². The standard InChI is InChI=1S/C17H25F7O8S/c1-7-13(5,6)10(25)32-15(16(20,21)22,11(26)31-12(2,3)4)30-9-8-14(18,19)17(23,24)33(27,28)29/h7-9H2,1-6H3,(H,27,28,29). The molecule has 0 amide bonds. The Kier molecular flexibility index (Phi) is 9.04. The molecular weight excluding hydrogens is 497 g/mol. The van der Waals surface area contributed by atoms with Gasteiger partial charge in [0, 0.05) is 6.42 Å². The van der Waals surface area contributed by atoms with Crippen molar-refractivity contribution in [1.82, 2.24) is 0 Å². The molecule has 0 spiro atoms. The van der Waals surface area contributed by atoms with Crippen LogP contribution in [-0.4, -0.2) is 60.3 Å². The highest BCUT2D eigenvalue weighted by Gasteiger charge is 2.70. The highest BCUT2D eigenvalue weighted by Crippen LogP contribution is 2.43. The molecule has 0 saturated heterocycles. The molecule has 0 aromatic rings. The van der Waals surface area contributed by atoms with Gasteiger partial charge in [0.2, 0.25) is 0 Å². The third-order valence-corrected chi connectivity index (χ3v) is 5.13. The van der Waals surface area contributed by atoms with Gasteiger partial charge < -0.3 is 14.2 Å². The predicted octanol–water partition coefficient (Wildman–Crippen LogP) is 4.09. The number of carbonyl (C=O) groups is 2. The lowest BCUT2D eigenvalue weighted by Gasteiger charge is -2.36. The van der Waals surface area contributed by atoms with Gasteiger partial charge in [-0.25, -0.2) is 4.79 Å². The van der Waals surface area contributed by atoms with Gasteiger partial charge in [0.25, 0.3) is 0 Å². The first-order valence-corrected chi connectivity index (χ1v) is 10.6. The van der Waals surface area contributed by atoms with Crippen molar-refractivity contribution in [3.63, 3.8) is 0 Å². The molecule has 0 aromatic carbocycles. The largest absolute Gasteiger partial charge is 0.468 e. The topological polar surface area (TPSA) is 116 Å². The van der Waals surface area contributed by atoms with Gasteiger partial charge in [-0.3, -0.25) is 9.35 Å². The number of alkyl halides is 7. The number of hydrogen-bond donors (Lipinski definition) is 1. The SMILES string of the molecule is CCC(C)(C)C(=O)OC(OCCC(F)(F)C(F)(F)S(=O)(=O)O)(C(=O)OC(C)(C)C)C(F)(F)F. The molecule has 0 saturated carbocycles. The first-order chi connectivity index (χ1) is 14.3. The van der Waals surface area contributed by atoms with Crippen LogP contribution in [0.25, 0.3) is 0 Å². The monoisotopic (exact) mass is 522 g/mol. The third-order valence-electron chi connectivity index (χ3n) is 4.18. The minimum atomic E-state index is -6.67. The smallest absolute Gasteiger partial charge is 0.455 e. The summed E-state index contributed by atoms with van der Waals surface area (Å²) < 4.78 is 138. The molecule has 0 aliphatic carbocycles. The van der Waals surface area contributed by atoms with E-state index < -0.39 is 69.2 Å². The van der Waals surface area contributed by atoms with E-state index in [-0.39, 0.29) is 6.42 Å².